The summed E-state index contributed by atoms with van der Waals surface area (Å²) in [5.74, 6) is 0.603. The van der Waals surface area contributed by atoms with Crippen LogP contribution in [-0.2, 0) is 20.7 Å². The molecule has 1 aromatic rings. The van der Waals surface area contributed by atoms with Crippen LogP contribution in [0.25, 0.3) is 0 Å². The Labute approximate surface area is 199 Å². The van der Waals surface area contributed by atoms with Crippen molar-refractivity contribution in [2.75, 3.05) is 34.0 Å². The number of alkyl carbamates (subject to hydrolysis) is 1. The Morgan fingerprint density at radius 3 is 2.91 bits per heavy atom. The molecule has 3 unspecified atom stereocenters. The van der Waals surface area contributed by atoms with Crippen molar-refractivity contribution in [3.8, 4) is 11.8 Å². The number of thioether (sulfide) groups is 1. The van der Waals surface area contributed by atoms with Crippen LogP contribution in [0.3, 0.4) is 0 Å². The lowest BCUT2D eigenvalue weighted by Crippen LogP contribution is -2.36. The molecule has 8 nitrogen and oxygen atoms in total. The van der Waals surface area contributed by atoms with E-state index in [0.29, 0.717) is 32.6 Å². The summed E-state index contributed by atoms with van der Waals surface area (Å²) in [6.45, 7) is 1.19. The lowest BCUT2D eigenvalue weighted by atomic mass is 9.84. The molecule has 1 aliphatic heterocycles. The molecular formula is C24H31N3O5S. The topological polar surface area (TPSA) is 110 Å². The molecule has 2 aliphatic rings. The van der Waals surface area contributed by atoms with Gasteiger partial charge in [0.1, 0.15) is 5.75 Å². The normalized spacial score (nSPS) is 21.7. The van der Waals surface area contributed by atoms with Gasteiger partial charge in [-0.25, -0.2) is 4.79 Å². The van der Waals surface area contributed by atoms with Gasteiger partial charge in [-0.1, -0.05) is 12.1 Å². The molecular weight excluding hydrogens is 442 g/mol. The molecule has 0 aromatic heterocycles. The number of carbonyl (C=O) groups is 2. The van der Waals surface area contributed by atoms with E-state index in [1.807, 2.05) is 24.3 Å². The van der Waals surface area contributed by atoms with Crippen LogP contribution in [-0.4, -0.2) is 51.4 Å². The van der Waals surface area contributed by atoms with Crippen molar-refractivity contribution in [2.24, 2.45) is 11.8 Å². The van der Waals surface area contributed by atoms with Crippen LogP contribution >= 0.6 is 11.8 Å². The van der Waals surface area contributed by atoms with Crippen LogP contribution in [0.1, 0.15) is 31.2 Å². The zero-order valence-corrected chi connectivity index (χ0v) is 19.9. The Bertz CT molecular complexity index is 914. The molecule has 178 valence electrons. The van der Waals surface area contributed by atoms with Crippen molar-refractivity contribution < 1.29 is 23.8 Å². The maximum Gasteiger partial charge on any atom is 0.407 e. The quantitative estimate of drug-likeness (QED) is 0.501. The molecule has 1 aliphatic carbocycles. The van der Waals surface area contributed by atoms with E-state index in [9.17, 15) is 14.9 Å². The van der Waals surface area contributed by atoms with Gasteiger partial charge >= 0.3 is 6.09 Å². The second kappa shape index (κ2) is 12.5. The van der Waals surface area contributed by atoms with Crippen LogP contribution in [0.4, 0.5) is 4.79 Å². The van der Waals surface area contributed by atoms with Gasteiger partial charge in [0.05, 0.1) is 37.7 Å². The fourth-order valence-corrected chi connectivity index (χ4v) is 5.64. The Kier molecular flexibility index (Phi) is 9.46. The average Bonchev–Trinajstić information content (AvgIpc) is 3.17. The Morgan fingerprint density at radius 2 is 2.15 bits per heavy atom. The highest BCUT2D eigenvalue weighted by atomic mass is 32.2. The third-order valence-electron chi connectivity index (χ3n) is 5.84. The van der Waals surface area contributed by atoms with Gasteiger partial charge in [0, 0.05) is 20.1 Å². The van der Waals surface area contributed by atoms with Gasteiger partial charge < -0.3 is 24.8 Å². The van der Waals surface area contributed by atoms with E-state index in [1.165, 1.54) is 0 Å². The molecule has 33 heavy (non-hydrogen) atoms. The lowest BCUT2D eigenvalue weighted by Gasteiger charge is -2.23. The molecule has 1 heterocycles. The van der Waals surface area contributed by atoms with Gasteiger partial charge in [-0.3, -0.25) is 4.79 Å². The minimum atomic E-state index is -0.443. The minimum absolute atomic E-state index is 0.0666. The summed E-state index contributed by atoms with van der Waals surface area (Å²) in [7, 11) is 3.19. The summed E-state index contributed by atoms with van der Waals surface area (Å²) in [5.41, 5.74) is 2.16. The van der Waals surface area contributed by atoms with Gasteiger partial charge in [0.25, 0.3) is 0 Å². The number of carbonyl (C=O) groups excluding carboxylic acids is 2. The molecule has 0 saturated carbocycles. The number of ether oxygens (including phenoxy) is 3. The zero-order valence-electron chi connectivity index (χ0n) is 19.1. The van der Waals surface area contributed by atoms with Crippen LogP contribution in [0.15, 0.2) is 34.7 Å². The van der Waals surface area contributed by atoms with Crippen LogP contribution in [0.2, 0.25) is 0 Å². The van der Waals surface area contributed by atoms with Gasteiger partial charge in [-0.05, 0) is 59.8 Å². The fraction of sp³-hybridized carbons (Fsp3) is 0.542. The van der Waals surface area contributed by atoms with Gasteiger partial charge in [-0.15, -0.1) is 11.8 Å². The molecule has 1 aromatic carbocycles. The zero-order chi connectivity index (χ0) is 23.6. The van der Waals surface area contributed by atoms with Gasteiger partial charge in [-0.2, -0.15) is 5.26 Å². The van der Waals surface area contributed by atoms with Crippen molar-refractivity contribution in [1.82, 2.24) is 10.6 Å². The first-order chi connectivity index (χ1) is 16.0. The van der Waals surface area contributed by atoms with E-state index >= 15 is 0 Å². The van der Waals surface area contributed by atoms with E-state index in [2.05, 4.69) is 16.7 Å². The molecule has 3 rings (SSSR count). The van der Waals surface area contributed by atoms with Gasteiger partial charge in [0.2, 0.25) is 5.91 Å². The Hall–Kier alpha value is -2.70. The summed E-state index contributed by atoms with van der Waals surface area (Å²) in [6.07, 6.45) is 2.93. The molecule has 0 spiro atoms. The first-order valence-corrected chi connectivity index (χ1v) is 12.0. The molecule has 0 bridgehead atoms. The molecule has 2 N–H and O–H groups in total. The number of benzene rings is 1. The predicted octanol–water partition coefficient (Wildman–Crippen LogP) is 3.38. The SMILES string of the molecule is COCCNC(=O)OCC1CCC2=C(C1)SC(NC(=O)CCc1cccc(OC)c1)C2C#N. The number of amides is 2. The number of nitriles is 1. The first kappa shape index (κ1) is 24.9. The monoisotopic (exact) mass is 473 g/mol. The summed E-state index contributed by atoms with van der Waals surface area (Å²) in [6, 6.07) is 10.1. The van der Waals surface area contributed by atoms with Crippen molar-refractivity contribution in [3.63, 3.8) is 0 Å². The number of nitrogens with zero attached hydrogens (tertiary/aromatic N) is 1. The maximum absolute atomic E-state index is 12.6. The number of nitrogens with one attached hydrogen (secondary N) is 2. The van der Waals surface area contributed by atoms with E-state index in [-0.39, 0.29) is 23.1 Å². The fourth-order valence-electron chi connectivity index (χ4n) is 4.07. The second-order valence-electron chi connectivity index (χ2n) is 8.14. The van der Waals surface area contributed by atoms with E-state index in [0.717, 1.165) is 41.1 Å². The smallest absolute Gasteiger partial charge is 0.407 e. The third kappa shape index (κ3) is 7.14. The number of rotatable bonds is 10. The summed E-state index contributed by atoms with van der Waals surface area (Å²) < 4.78 is 15.5. The molecule has 0 fully saturated rings. The molecule has 0 radical (unpaired) electrons. The first-order valence-electron chi connectivity index (χ1n) is 11.1. The van der Waals surface area contributed by atoms with E-state index < -0.39 is 6.09 Å². The number of allylic oxidation sites excluding steroid dienone is 1. The summed E-state index contributed by atoms with van der Waals surface area (Å²) >= 11 is 1.57. The highest BCUT2D eigenvalue weighted by molar-refractivity contribution is 8.04. The number of methoxy groups -OCH3 is 2. The third-order valence-corrected chi connectivity index (χ3v) is 7.20. The maximum atomic E-state index is 12.6. The molecule has 9 heteroatoms. The van der Waals surface area contributed by atoms with Crippen molar-refractivity contribution in [1.29, 1.82) is 5.26 Å². The average molecular weight is 474 g/mol. The predicted molar refractivity (Wildman–Crippen MR) is 126 cm³/mol. The van der Waals surface area contributed by atoms with E-state index in [1.54, 1.807) is 26.0 Å². The molecule has 0 saturated heterocycles. The molecule has 3 atom stereocenters. The van der Waals surface area contributed by atoms with Crippen LogP contribution in [0.5, 0.6) is 5.75 Å². The largest absolute Gasteiger partial charge is 0.497 e. The summed E-state index contributed by atoms with van der Waals surface area (Å²) in [4.78, 5) is 25.5. The van der Waals surface area contributed by atoms with Crippen LogP contribution < -0.4 is 15.4 Å². The van der Waals surface area contributed by atoms with Gasteiger partial charge in [0.15, 0.2) is 0 Å². The summed E-state index contributed by atoms with van der Waals surface area (Å²) in [5, 5.41) is 15.2. The van der Waals surface area contributed by atoms with Crippen molar-refractivity contribution in [3.05, 3.63) is 40.3 Å². The standard InChI is InChI=1S/C24H31N3O5S/c1-30-11-10-26-24(29)32-15-17-6-8-19-20(14-25)23(33-21(19)13-17)27-22(28)9-7-16-4-3-5-18(12-16)31-2/h3-5,12,17,20,23H,6-11,13,15H2,1-2H3,(H,26,29)(H,27,28). The molecule has 2 amide bonds. The Balaban J connectivity index is 1.46. The lowest BCUT2D eigenvalue weighted by molar-refractivity contribution is -0.121. The van der Waals surface area contributed by atoms with Crippen LogP contribution in [0, 0.1) is 23.2 Å². The van der Waals surface area contributed by atoms with Crippen molar-refractivity contribution >= 4 is 23.8 Å². The second-order valence-corrected chi connectivity index (χ2v) is 9.38. The van der Waals surface area contributed by atoms with Crippen molar-refractivity contribution in [2.45, 2.75) is 37.5 Å². The highest BCUT2D eigenvalue weighted by Crippen LogP contribution is 2.49. The highest BCUT2D eigenvalue weighted by Gasteiger charge is 2.39. The number of hydrogen-bond acceptors (Lipinski definition) is 7. The minimum Gasteiger partial charge on any atom is -0.497 e. The van der Waals surface area contributed by atoms with E-state index in [4.69, 9.17) is 14.2 Å². The number of aryl methyl sites for hydroxylation is 1. The Morgan fingerprint density at radius 1 is 1.30 bits per heavy atom. The number of hydrogen-bond donors (Lipinski definition) is 2.